The summed E-state index contributed by atoms with van der Waals surface area (Å²) in [5.41, 5.74) is 1.95. The molecule has 2 N–H and O–H groups in total. The Hall–Kier alpha value is -1.11. The van der Waals surface area contributed by atoms with Gasteiger partial charge in [0.25, 0.3) is 0 Å². The van der Waals surface area contributed by atoms with E-state index in [2.05, 4.69) is 4.72 Å². The minimum absolute atomic E-state index is 0.0314. The first kappa shape index (κ1) is 16.9. The second-order valence-corrected chi connectivity index (χ2v) is 6.95. The first-order chi connectivity index (χ1) is 9.19. The van der Waals surface area contributed by atoms with Gasteiger partial charge in [-0.2, -0.15) is 0 Å². The molecule has 0 bridgehead atoms. The second kappa shape index (κ2) is 6.56. The van der Waals surface area contributed by atoms with Crippen molar-refractivity contribution in [1.29, 1.82) is 0 Å². The SMILES string of the molecule is COc1cc(C)c(C(C)C)cc1S(=O)(=O)NCC(C)O. The zero-order chi connectivity index (χ0) is 15.5. The van der Waals surface area contributed by atoms with Crippen LogP contribution < -0.4 is 9.46 Å². The molecule has 0 saturated heterocycles. The number of sulfonamides is 1. The van der Waals surface area contributed by atoms with Gasteiger partial charge in [0.1, 0.15) is 10.6 Å². The Morgan fingerprint density at radius 1 is 1.30 bits per heavy atom. The van der Waals surface area contributed by atoms with Crippen LogP contribution in [0.4, 0.5) is 0 Å². The summed E-state index contributed by atoms with van der Waals surface area (Å²) >= 11 is 0. The number of hydrogen-bond donors (Lipinski definition) is 2. The highest BCUT2D eigenvalue weighted by Gasteiger charge is 2.22. The molecule has 0 fully saturated rings. The third-order valence-corrected chi connectivity index (χ3v) is 4.48. The molecular weight excluding hydrogens is 278 g/mol. The molecule has 0 radical (unpaired) electrons. The number of aryl methyl sites for hydroxylation is 1. The fourth-order valence-electron chi connectivity index (χ4n) is 1.98. The highest BCUT2D eigenvalue weighted by molar-refractivity contribution is 7.89. The lowest BCUT2D eigenvalue weighted by atomic mass is 9.98. The molecule has 0 aliphatic heterocycles. The molecular formula is C14H23NO4S. The molecule has 0 heterocycles. The lowest BCUT2D eigenvalue weighted by Gasteiger charge is -2.17. The van der Waals surface area contributed by atoms with Gasteiger partial charge in [-0.3, -0.25) is 0 Å². The fraction of sp³-hybridized carbons (Fsp3) is 0.571. The monoisotopic (exact) mass is 301 g/mol. The number of nitrogens with one attached hydrogen (secondary N) is 1. The third kappa shape index (κ3) is 3.94. The number of rotatable bonds is 6. The van der Waals surface area contributed by atoms with E-state index in [-0.39, 0.29) is 17.4 Å². The molecule has 0 saturated carbocycles. The third-order valence-electron chi connectivity index (χ3n) is 3.03. The summed E-state index contributed by atoms with van der Waals surface area (Å²) in [5, 5.41) is 9.22. The van der Waals surface area contributed by atoms with Gasteiger partial charge in [-0.15, -0.1) is 0 Å². The summed E-state index contributed by atoms with van der Waals surface area (Å²) in [4.78, 5) is 0.106. The standard InChI is InChI=1S/C14H23NO4S/c1-9(2)12-7-14(13(19-5)6-10(12)3)20(17,18)15-8-11(4)16/h6-7,9,11,15-16H,8H2,1-5H3. The molecule has 0 aliphatic rings. The number of hydrogen-bond acceptors (Lipinski definition) is 4. The number of ether oxygens (including phenoxy) is 1. The van der Waals surface area contributed by atoms with Crippen molar-refractivity contribution in [2.45, 2.75) is 44.6 Å². The molecule has 114 valence electrons. The van der Waals surface area contributed by atoms with Gasteiger partial charge >= 0.3 is 0 Å². The van der Waals surface area contributed by atoms with Gasteiger partial charge in [0, 0.05) is 6.54 Å². The summed E-state index contributed by atoms with van der Waals surface area (Å²) in [6, 6.07) is 3.37. The highest BCUT2D eigenvalue weighted by Crippen LogP contribution is 2.30. The Morgan fingerprint density at radius 3 is 2.35 bits per heavy atom. The molecule has 0 spiro atoms. The van der Waals surface area contributed by atoms with E-state index in [4.69, 9.17) is 4.74 Å². The smallest absolute Gasteiger partial charge is 0.244 e. The zero-order valence-electron chi connectivity index (χ0n) is 12.6. The van der Waals surface area contributed by atoms with E-state index in [1.54, 1.807) is 12.1 Å². The van der Waals surface area contributed by atoms with Crippen LogP contribution in [0, 0.1) is 6.92 Å². The lowest BCUT2D eigenvalue weighted by molar-refractivity contribution is 0.198. The van der Waals surface area contributed by atoms with Crippen molar-refractivity contribution in [3.05, 3.63) is 23.3 Å². The number of methoxy groups -OCH3 is 1. The van der Waals surface area contributed by atoms with Crippen LogP contribution >= 0.6 is 0 Å². The van der Waals surface area contributed by atoms with Crippen molar-refractivity contribution in [3.8, 4) is 5.75 Å². The lowest BCUT2D eigenvalue weighted by Crippen LogP contribution is -2.31. The normalized spacial score (nSPS) is 13.6. The van der Waals surface area contributed by atoms with Crippen LogP contribution in [0.5, 0.6) is 5.75 Å². The van der Waals surface area contributed by atoms with Crippen LogP contribution in [-0.4, -0.2) is 33.3 Å². The van der Waals surface area contributed by atoms with Crippen molar-refractivity contribution in [2.24, 2.45) is 0 Å². The van der Waals surface area contributed by atoms with E-state index in [9.17, 15) is 13.5 Å². The summed E-state index contributed by atoms with van der Waals surface area (Å²) in [7, 11) is -2.26. The van der Waals surface area contributed by atoms with E-state index in [1.807, 2.05) is 20.8 Å². The van der Waals surface area contributed by atoms with Gasteiger partial charge < -0.3 is 9.84 Å². The van der Waals surface area contributed by atoms with Gasteiger partial charge in [0.05, 0.1) is 13.2 Å². The van der Waals surface area contributed by atoms with E-state index in [1.165, 1.54) is 14.0 Å². The minimum atomic E-state index is -3.71. The number of aliphatic hydroxyl groups excluding tert-OH is 1. The van der Waals surface area contributed by atoms with E-state index >= 15 is 0 Å². The quantitative estimate of drug-likeness (QED) is 0.840. The molecule has 1 aromatic rings. The van der Waals surface area contributed by atoms with Crippen molar-refractivity contribution in [3.63, 3.8) is 0 Å². The summed E-state index contributed by atoms with van der Waals surface area (Å²) < 4.78 is 32.2. The fourth-order valence-corrected chi connectivity index (χ4v) is 3.28. The molecule has 6 heteroatoms. The predicted molar refractivity (Wildman–Crippen MR) is 78.7 cm³/mol. The Kier molecular flexibility index (Phi) is 5.56. The zero-order valence-corrected chi connectivity index (χ0v) is 13.4. The van der Waals surface area contributed by atoms with Gasteiger partial charge in [0.15, 0.2) is 0 Å². The van der Waals surface area contributed by atoms with Gasteiger partial charge in [-0.25, -0.2) is 13.1 Å². The van der Waals surface area contributed by atoms with E-state index in [0.29, 0.717) is 5.75 Å². The average Bonchev–Trinajstić information content (AvgIpc) is 2.35. The molecule has 1 rings (SSSR count). The summed E-state index contributed by atoms with van der Waals surface area (Å²) in [5.74, 6) is 0.525. The summed E-state index contributed by atoms with van der Waals surface area (Å²) in [6.07, 6.45) is -0.745. The molecule has 1 unspecified atom stereocenters. The Morgan fingerprint density at radius 2 is 1.90 bits per heavy atom. The first-order valence-corrected chi connectivity index (χ1v) is 8.03. The van der Waals surface area contributed by atoms with Crippen molar-refractivity contribution >= 4 is 10.0 Å². The molecule has 1 aromatic carbocycles. The molecule has 0 aromatic heterocycles. The van der Waals surface area contributed by atoms with Gasteiger partial charge in [-0.05, 0) is 43.0 Å². The van der Waals surface area contributed by atoms with E-state index < -0.39 is 16.1 Å². The van der Waals surface area contributed by atoms with Crippen LogP contribution in [0.25, 0.3) is 0 Å². The van der Waals surface area contributed by atoms with Crippen LogP contribution in [0.1, 0.15) is 37.8 Å². The molecule has 5 nitrogen and oxygen atoms in total. The topological polar surface area (TPSA) is 75.6 Å². The summed E-state index contributed by atoms with van der Waals surface area (Å²) in [6.45, 7) is 7.44. The Balaban J connectivity index is 3.31. The Bertz CT molecular complexity index is 565. The maximum absolute atomic E-state index is 12.3. The predicted octanol–water partition coefficient (Wildman–Crippen LogP) is 1.79. The van der Waals surface area contributed by atoms with Crippen LogP contribution in [0.15, 0.2) is 17.0 Å². The van der Waals surface area contributed by atoms with Crippen molar-refractivity contribution in [2.75, 3.05) is 13.7 Å². The van der Waals surface area contributed by atoms with Gasteiger partial charge in [-0.1, -0.05) is 13.8 Å². The van der Waals surface area contributed by atoms with E-state index in [0.717, 1.165) is 11.1 Å². The Labute approximate surface area is 121 Å². The van der Waals surface area contributed by atoms with Crippen LogP contribution in [0.3, 0.4) is 0 Å². The maximum atomic E-state index is 12.3. The second-order valence-electron chi connectivity index (χ2n) is 5.22. The molecule has 20 heavy (non-hydrogen) atoms. The average molecular weight is 301 g/mol. The number of aliphatic hydroxyl groups is 1. The van der Waals surface area contributed by atoms with Crippen LogP contribution in [0.2, 0.25) is 0 Å². The largest absolute Gasteiger partial charge is 0.495 e. The molecule has 0 aliphatic carbocycles. The minimum Gasteiger partial charge on any atom is -0.495 e. The molecule has 0 amide bonds. The molecule has 1 atom stereocenters. The van der Waals surface area contributed by atoms with Crippen molar-refractivity contribution < 1.29 is 18.3 Å². The van der Waals surface area contributed by atoms with Crippen molar-refractivity contribution in [1.82, 2.24) is 4.72 Å². The number of benzene rings is 1. The maximum Gasteiger partial charge on any atom is 0.244 e. The van der Waals surface area contributed by atoms with Crippen LogP contribution in [-0.2, 0) is 10.0 Å². The first-order valence-electron chi connectivity index (χ1n) is 6.55. The van der Waals surface area contributed by atoms with Gasteiger partial charge in [0.2, 0.25) is 10.0 Å². The highest BCUT2D eigenvalue weighted by atomic mass is 32.2.